The molecule has 0 bridgehead atoms. The van der Waals surface area contributed by atoms with Gasteiger partial charge < -0.3 is 15.0 Å². The van der Waals surface area contributed by atoms with Gasteiger partial charge >= 0.3 is 0 Å². The molecule has 0 fully saturated rings. The van der Waals surface area contributed by atoms with Gasteiger partial charge in [-0.1, -0.05) is 30.3 Å². The molecule has 3 aromatic rings. The van der Waals surface area contributed by atoms with E-state index >= 15 is 0 Å². The molecule has 0 saturated carbocycles. The summed E-state index contributed by atoms with van der Waals surface area (Å²) < 4.78 is 7.13. The fourth-order valence-corrected chi connectivity index (χ4v) is 4.17. The van der Waals surface area contributed by atoms with Gasteiger partial charge in [-0.2, -0.15) is 5.10 Å². The van der Waals surface area contributed by atoms with Crippen LogP contribution in [0.2, 0.25) is 0 Å². The number of aryl methyl sites for hydroxylation is 1. The number of aromatic nitrogens is 2. The highest BCUT2D eigenvalue weighted by Gasteiger charge is 2.39. The first-order valence-corrected chi connectivity index (χ1v) is 10.1. The van der Waals surface area contributed by atoms with E-state index in [0.29, 0.717) is 18.0 Å². The van der Waals surface area contributed by atoms with Gasteiger partial charge in [0.15, 0.2) is 5.69 Å². The van der Waals surface area contributed by atoms with Gasteiger partial charge in [0.1, 0.15) is 11.4 Å². The molecule has 30 heavy (non-hydrogen) atoms. The number of fused-ring (bicyclic) bond motifs is 1. The molecule has 0 saturated heterocycles. The number of hydrogen-bond acceptors (Lipinski definition) is 4. The molecule has 0 aliphatic heterocycles. The van der Waals surface area contributed by atoms with Crippen LogP contribution in [0.3, 0.4) is 0 Å². The van der Waals surface area contributed by atoms with Crippen molar-refractivity contribution in [3.63, 3.8) is 0 Å². The predicted octanol–water partition coefficient (Wildman–Crippen LogP) is 3.02. The second-order valence-electron chi connectivity index (χ2n) is 8.24. The average molecular weight is 405 g/mol. The summed E-state index contributed by atoms with van der Waals surface area (Å²) in [5.74, 6) is 0.545. The molecule has 0 atom stereocenters. The molecule has 1 heterocycles. The number of carbonyl (C=O) groups excluding carboxylic acids is 1. The maximum Gasteiger partial charge on any atom is 0.271 e. The maximum absolute atomic E-state index is 12.9. The summed E-state index contributed by atoms with van der Waals surface area (Å²) in [6.07, 6.45) is 3.64. The van der Waals surface area contributed by atoms with Gasteiger partial charge in [0.25, 0.3) is 5.91 Å². The van der Waals surface area contributed by atoms with Crippen molar-refractivity contribution in [3.05, 3.63) is 77.1 Å². The minimum Gasteiger partial charge on any atom is -0.494 e. The third-order valence-corrected chi connectivity index (χ3v) is 6.09. The van der Waals surface area contributed by atoms with E-state index in [4.69, 9.17) is 4.74 Å². The molecule has 6 nitrogen and oxygen atoms in total. The number of amides is 1. The highest BCUT2D eigenvalue weighted by atomic mass is 16.5. The highest BCUT2D eigenvalue weighted by Crippen LogP contribution is 2.33. The number of methoxy groups -OCH3 is 1. The van der Waals surface area contributed by atoms with Crippen LogP contribution in [0.1, 0.15) is 27.2 Å². The van der Waals surface area contributed by atoms with Gasteiger partial charge in [0.2, 0.25) is 0 Å². The number of benzene rings is 2. The molecule has 1 aliphatic carbocycles. The monoisotopic (exact) mass is 404 g/mol. The van der Waals surface area contributed by atoms with Crippen molar-refractivity contribution in [3.8, 4) is 11.4 Å². The molecular weight excluding hydrogens is 376 g/mol. The van der Waals surface area contributed by atoms with E-state index in [2.05, 4.69) is 53.7 Å². The fraction of sp³-hybridized carbons (Fsp3) is 0.333. The molecule has 1 aliphatic rings. The van der Waals surface area contributed by atoms with Crippen LogP contribution in [0.4, 0.5) is 0 Å². The summed E-state index contributed by atoms with van der Waals surface area (Å²) in [4.78, 5) is 15.1. The Hall–Kier alpha value is -3.12. The minimum absolute atomic E-state index is 0.123. The number of nitrogens with zero attached hydrogens (tertiary/aromatic N) is 3. The predicted molar refractivity (Wildman–Crippen MR) is 117 cm³/mol. The fourth-order valence-electron chi connectivity index (χ4n) is 4.17. The van der Waals surface area contributed by atoms with Crippen molar-refractivity contribution >= 4 is 5.91 Å². The normalized spacial score (nSPS) is 14.6. The van der Waals surface area contributed by atoms with E-state index in [1.807, 2.05) is 25.1 Å². The van der Waals surface area contributed by atoms with Crippen LogP contribution >= 0.6 is 0 Å². The zero-order valence-corrected chi connectivity index (χ0v) is 18.0. The summed E-state index contributed by atoms with van der Waals surface area (Å²) in [5, 5.41) is 7.61. The zero-order chi connectivity index (χ0) is 21.3. The lowest BCUT2D eigenvalue weighted by Crippen LogP contribution is -2.53. The van der Waals surface area contributed by atoms with E-state index in [-0.39, 0.29) is 11.4 Å². The molecule has 156 valence electrons. The third-order valence-electron chi connectivity index (χ3n) is 6.09. The molecule has 0 spiro atoms. The molecule has 1 N–H and O–H groups in total. The number of nitrogens with one attached hydrogen (secondary N) is 1. The standard InChI is InChI=1S/C24H28N4O2/c1-17-9-10-22(30-4)21(13-17)28-12-11-20(26-28)23(29)25-16-24(27(2)3)14-18-7-5-6-8-19(18)15-24/h5-13H,14-16H2,1-4H3,(H,25,29). The smallest absolute Gasteiger partial charge is 0.271 e. The van der Waals surface area contributed by atoms with E-state index < -0.39 is 0 Å². The number of rotatable bonds is 6. The van der Waals surface area contributed by atoms with Gasteiger partial charge in [-0.3, -0.25) is 4.79 Å². The van der Waals surface area contributed by atoms with Gasteiger partial charge in [0, 0.05) is 18.3 Å². The van der Waals surface area contributed by atoms with Gasteiger partial charge in [-0.15, -0.1) is 0 Å². The first-order chi connectivity index (χ1) is 14.4. The molecule has 4 rings (SSSR count). The summed E-state index contributed by atoms with van der Waals surface area (Å²) in [6.45, 7) is 2.58. The molecule has 0 radical (unpaired) electrons. The first kappa shape index (κ1) is 20.2. The SMILES string of the molecule is COc1ccc(C)cc1-n1ccc(C(=O)NCC2(N(C)C)Cc3ccccc3C2)n1. The Morgan fingerprint density at radius 1 is 1.17 bits per heavy atom. The largest absolute Gasteiger partial charge is 0.494 e. The molecule has 0 unspecified atom stereocenters. The summed E-state index contributed by atoms with van der Waals surface area (Å²) in [5.41, 5.74) is 4.89. The summed E-state index contributed by atoms with van der Waals surface area (Å²) >= 11 is 0. The zero-order valence-electron chi connectivity index (χ0n) is 18.0. The Kier molecular flexibility index (Phi) is 5.35. The van der Waals surface area contributed by atoms with E-state index in [1.54, 1.807) is 24.1 Å². The van der Waals surface area contributed by atoms with Crippen LogP contribution in [0.5, 0.6) is 5.75 Å². The topological polar surface area (TPSA) is 59.4 Å². The van der Waals surface area contributed by atoms with E-state index in [0.717, 1.165) is 24.1 Å². The Balaban J connectivity index is 1.50. The molecule has 6 heteroatoms. The number of carbonyl (C=O) groups is 1. The Morgan fingerprint density at radius 2 is 1.87 bits per heavy atom. The minimum atomic E-state index is -0.169. The second-order valence-corrected chi connectivity index (χ2v) is 8.24. The van der Waals surface area contributed by atoms with E-state index in [1.165, 1.54) is 11.1 Å². The lowest BCUT2D eigenvalue weighted by molar-refractivity contribution is 0.0897. The Bertz CT molecular complexity index is 1050. The van der Waals surface area contributed by atoms with Crippen LogP contribution < -0.4 is 10.1 Å². The van der Waals surface area contributed by atoms with Crippen molar-refractivity contribution in [2.75, 3.05) is 27.7 Å². The quantitative estimate of drug-likeness (QED) is 0.686. The van der Waals surface area contributed by atoms with Crippen LogP contribution in [0, 0.1) is 6.92 Å². The van der Waals surface area contributed by atoms with Crippen LogP contribution in [0.15, 0.2) is 54.7 Å². The Morgan fingerprint density at radius 3 is 2.50 bits per heavy atom. The molecular formula is C24H28N4O2. The lowest BCUT2D eigenvalue weighted by Gasteiger charge is -2.36. The third kappa shape index (κ3) is 3.71. The molecule has 1 amide bonds. The molecule has 1 aromatic heterocycles. The van der Waals surface area contributed by atoms with Crippen molar-refractivity contribution in [2.45, 2.75) is 25.3 Å². The molecule has 2 aromatic carbocycles. The van der Waals surface area contributed by atoms with Crippen molar-refractivity contribution in [2.24, 2.45) is 0 Å². The number of likely N-dealkylation sites (N-methyl/N-ethyl adjacent to an activating group) is 1. The van der Waals surface area contributed by atoms with Gasteiger partial charge in [0.05, 0.1) is 7.11 Å². The highest BCUT2D eigenvalue weighted by molar-refractivity contribution is 5.92. The van der Waals surface area contributed by atoms with Crippen LogP contribution in [-0.2, 0) is 12.8 Å². The maximum atomic E-state index is 12.9. The van der Waals surface area contributed by atoms with Gasteiger partial charge in [-0.05, 0) is 68.8 Å². The second kappa shape index (κ2) is 7.95. The van der Waals surface area contributed by atoms with Gasteiger partial charge in [-0.25, -0.2) is 4.68 Å². The summed E-state index contributed by atoms with van der Waals surface area (Å²) in [6, 6.07) is 16.1. The van der Waals surface area contributed by atoms with Crippen LogP contribution in [0.25, 0.3) is 5.69 Å². The van der Waals surface area contributed by atoms with Crippen molar-refractivity contribution in [1.29, 1.82) is 0 Å². The number of hydrogen-bond donors (Lipinski definition) is 1. The summed E-state index contributed by atoms with van der Waals surface area (Å²) in [7, 11) is 5.79. The first-order valence-electron chi connectivity index (χ1n) is 10.1. The number of ether oxygens (including phenoxy) is 1. The van der Waals surface area contributed by atoms with Crippen molar-refractivity contribution < 1.29 is 9.53 Å². The average Bonchev–Trinajstić information content (AvgIpc) is 3.37. The lowest BCUT2D eigenvalue weighted by atomic mass is 9.94. The van der Waals surface area contributed by atoms with Crippen molar-refractivity contribution in [1.82, 2.24) is 20.0 Å². The van der Waals surface area contributed by atoms with Crippen LogP contribution in [-0.4, -0.2) is 53.9 Å². The van der Waals surface area contributed by atoms with E-state index in [9.17, 15) is 4.79 Å². The Labute approximate surface area is 177 Å².